The number of amides is 2. The smallest absolute Gasteiger partial charge is 0.292 e. The van der Waals surface area contributed by atoms with E-state index in [4.69, 9.17) is 0 Å². The van der Waals surface area contributed by atoms with Crippen LogP contribution in [-0.4, -0.2) is 21.2 Å². The molecule has 150 valence electrons. The van der Waals surface area contributed by atoms with Crippen molar-refractivity contribution in [3.05, 3.63) is 101 Å². The Hall–Kier alpha value is -3.93. The molecule has 0 radical (unpaired) electrons. The maximum atomic E-state index is 12.9. The molecule has 2 heterocycles. The number of pyridine rings is 1. The van der Waals surface area contributed by atoms with Crippen molar-refractivity contribution in [3.63, 3.8) is 0 Å². The van der Waals surface area contributed by atoms with Gasteiger partial charge in [-0.15, -0.1) is 0 Å². The number of aromatic nitrogens is 2. The second-order valence-corrected chi connectivity index (χ2v) is 7.18. The summed E-state index contributed by atoms with van der Waals surface area (Å²) in [5.74, 6) is -0.534. The first-order valence-corrected chi connectivity index (χ1v) is 9.71. The summed E-state index contributed by atoms with van der Waals surface area (Å²) in [5.41, 5.74) is 4.59. The lowest BCUT2D eigenvalue weighted by Crippen LogP contribution is -2.23. The minimum absolute atomic E-state index is 0.162. The lowest BCUT2D eigenvalue weighted by molar-refractivity contribution is 0.0948. The highest BCUT2D eigenvalue weighted by molar-refractivity contribution is 6.06. The number of anilines is 1. The molecule has 0 saturated heterocycles. The third-order valence-electron chi connectivity index (χ3n) is 4.90. The van der Waals surface area contributed by atoms with Crippen LogP contribution in [0.15, 0.2) is 72.9 Å². The first kappa shape index (κ1) is 19.4. The second kappa shape index (κ2) is 8.21. The number of hydrogen-bond acceptors (Lipinski definition) is 3. The topological polar surface area (TPSA) is 75.5 Å². The molecule has 0 unspecified atom stereocenters. The van der Waals surface area contributed by atoms with Gasteiger partial charge in [0.15, 0.2) is 5.69 Å². The summed E-state index contributed by atoms with van der Waals surface area (Å²) in [4.78, 5) is 30.1. The Kier molecular flexibility index (Phi) is 5.30. The lowest BCUT2D eigenvalue weighted by atomic mass is 10.1. The molecule has 0 aliphatic carbocycles. The minimum atomic E-state index is -0.372. The molecule has 4 rings (SSSR count). The zero-order valence-electron chi connectivity index (χ0n) is 16.8. The van der Waals surface area contributed by atoms with E-state index in [0.717, 1.165) is 16.7 Å². The van der Waals surface area contributed by atoms with Crippen molar-refractivity contribution < 1.29 is 9.59 Å². The van der Waals surface area contributed by atoms with Crippen molar-refractivity contribution in [1.29, 1.82) is 0 Å². The summed E-state index contributed by atoms with van der Waals surface area (Å²) < 4.78 is 1.63. The summed E-state index contributed by atoms with van der Waals surface area (Å²) in [6.45, 7) is 4.31. The van der Waals surface area contributed by atoms with Gasteiger partial charge in [-0.1, -0.05) is 54.1 Å². The maximum absolute atomic E-state index is 12.9. The molecule has 30 heavy (non-hydrogen) atoms. The van der Waals surface area contributed by atoms with E-state index in [1.165, 1.54) is 0 Å². The molecule has 2 aromatic carbocycles. The summed E-state index contributed by atoms with van der Waals surface area (Å²) in [6, 6.07) is 20.9. The number of hydrogen-bond donors (Lipinski definition) is 2. The molecule has 6 heteroatoms. The van der Waals surface area contributed by atoms with Crippen LogP contribution in [0.4, 0.5) is 5.69 Å². The first-order valence-electron chi connectivity index (χ1n) is 9.71. The van der Waals surface area contributed by atoms with E-state index in [2.05, 4.69) is 15.6 Å². The molecule has 0 atom stereocenters. The Morgan fingerprint density at radius 1 is 0.933 bits per heavy atom. The molecular weight excluding hydrogens is 376 g/mol. The van der Waals surface area contributed by atoms with Crippen molar-refractivity contribution in [2.24, 2.45) is 0 Å². The zero-order chi connectivity index (χ0) is 21.1. The van der Waals surface area contributed by atoms with Gasteiger partial charge >= 0.3 is 0 Å². The Balaban J connectivity index is 1.61. The van der Waals surface area contributed by atoms with Crippen LogP contribution in [0, 0.1) is 13.8 Å². The van der Waals surface area contributed by atoms with Gasteiger partial charge < -0.3 is 10.6 Å². The molecule has 0 saturated carbocycles. The van der Waals surface area contributed by atoms with E-state index in [0.29, 0.717) is 17.7 Å². The van der Waals surface area contributed by atoms with Gasteiger partial charge in [0, 0.05) is 18.4 Å². The second-order valence-electron chi connectivity index (χ2n) is 7.18. The number of nitrogens with one attached hydrogen (secondary N) is 2. The molecule has 6 nitrogen and oxygen atoms in total. The number of carbonyl (C=O) groups is 2. The number of benzene rings is 2. The SMILES string of the molecule is Cc1cccc(CNC(=O)c2nc(C(=O)Nc3ccccc3C)n3ccccc23)c1. The largest absolute Gasteiger partial charge is 0.347 e. The fourth-order valence-corrected chi connectivity index (χ4v) is 3.34. The van der Waals surface area contributed by atoms with Gasteiger partial charge in [0.25, 0.3) is 11.8 Å². The van der Waals surface area contributed by atoms with Gasteiger partial charge in [-0.3, -0.25) is 14.0 Å². The normalized spacial score (nSPS) is 10.7. The predicted octanol–water partition coefficient (Wildman–Crippen LogP) is 4.13. The zero-order valence-corrected chi connectivity index (χ0v) is 16.8. The summed E-state index contributed by atoms with van der Waals surface area (Å²) in [6.07, 6.45) is 1.73. The molecular formula is C24H22N4O2. The molecule has 0 aliphatic heterocycles. The Morgan fingerprint density at radius 2 is 1.73 bits per heavy atom. The van der Waals surface area contributed by atoms with Crippen LogP contribution in [0.3, 0.4) is 0 Å². The Bertz CT molecular complexity index is 1240. The van der Waals surface area contributed by atoms with Crippen molar-refractivity contribution in [2.75, 3.05) is 5.32 Å². The van der Waals surface area contributed by atoms with Crippen LogP contribution in [0.25, 0.3) is 5.52 Å². The van der Waals surface area contributed by atoms with Crippen LogP contribution in [0.5, 0.6) is 0 Å². The molecule has 4 aromatic rings. The molecule has 0 fully saturated rings. The molecule has 2 N–H and O–H groups in total. The van der Waals surface area contributed by atoms with Gasteiger partial charge in [0.2, 0.25) is 5.82 Å². The number of carbonyl (C=O) groups excluding carboxylic acids is 2. The highest BCUT2D eigenvalue weighted by Crippen LogP contribution is 2.17. The van der Waals surface area contributed by atoms with Gasteiger partial charge in [-0.05, 0) is 43.2 Å². The summed E-state index contributed by atoms with van der Waals surface area (Å²) >= 11 is 0. The third kappa shape index (κ3) is 3.93. The average Bonchev–Trinajstić information content (AvgIpc) is 3.14. The highest BCUT2D eigenvalue weighted by atomic mass is 16.2. The number of imidazole rings is 1. The van der Waals surface area contributed by atoms with E-state index in [-0.39, 0.29) is 23.3 Å². The van der Waals surface area contributed by atoms with Crippen molar-refractivity contribution in [2.45, 2.75) is 20.4 Å². The highest BCUT2D eigenvalue weighted by Gasteiger charge is 2.21. The molecule has 2 amide bonds. The summed E-state index contributed by atoms with van der Waals surface area (Å²) in [7, 11) is 0. The van der Waals surface area contributed by atoms with Crippen LogP contribution >= 0.6 is 0 Å². The molecule has 0 aliphatic rings. The first-order chi connectivity index (χ1) is 14.5. The number of aryl methyl sites for hydroxylation is 2. The Morgan fingerprint density at radius 3 is 2.53 bits per heavy atom. The quantitative estimate of drug-likeness (QED) is 0.531. The Labute approximate surface area is 174 Å². The standard InChI is InChI=1S/C24H22N4O2/c1-16-8-7-10-18(14-16)15-25-23(29)21-20-12-5-6-13-28(20)22(27-21)24(30)26-19-11-4-3-9-17(19)2/h3-14H,15H2,1-2H3,(H,25,29)(H,26,30). The number of nitrogens with zero attached hydrogens (tertiary/aromatic N) is 2. The fraction of sp³-hybridized carbons (Fsp3) is 0.125. The van der Waals surface area contributed by atoms with Gasteiger partial charge in [-0.25, -0.2) is 4.98 Å². The number of rotatable bonds is 5. The monoisotopic (exact) mass is 398 g/mol. The van der Waals surface area contributed by atoms with E-state index < -0.39 is 0 Å². The van der Waals surface area contributed by atoms with E-state index in [1.807, 2.05) is 68.4 Å². The van der Waals surface area contributed by atoms with E-state index in [9.17, 15) is 9.59 Å². The van der Waals surface area contributed by atoms with Crippen molar-refractivity contribution in [1.82, 2.24) is 14.7 Å². The van der Waals surface area contributed by atoms with Gasteiger partial charge in [0.1, 0.15) is 0 Å². The lowest BCUT2D eigenvalue weighted by Gasteiger charge is -2.07. The minimum Gasteiger partial charge on any atom is -0.347 e. The van der Waals surface area contributed by atoms with Crippen LogP contribution in [0.2, 0.25) is 0 Å². The fourth-order valence-electron chi connectivity index (χ4n) is 3.34. The van der Waals surface area contributed by atoms with E-state index >= 15 is 0 Å². The van der Waals surface area contributed by atoms with Crippen LogP contribution < -0.4 is 10.6 Å². The molecule has 0 spiro atoms. The van der Waals surface area contributed by atoms with Crippen molar-refractivity contribution >= 4 is 23.0 Å². The summed E-state index contributed by atoms with van der Waals surface area (Å²) in [5, 5.41) is 5.78. The molecule has 2 aromatic heterocycles. The molecule has 0 bridgehead atoms. The van der Waals surface area contributed by atoms with Crippen molar-refractivity contribution in [3.8, 4) is 0 Å². The van der Waals surface area contributed by atoms with Crippen LogP contribution in [0.1, 0.15) is 37.8 Å². The van der Waals surface area contributed by atoms with Crippen LogP contribution in [-0.2, 0) is 6.54 Å². The predicted molar refractivity (Wildman–Crippen MR) is 117 cm³/mol. The van der Waals surface area contributed by atoms with Gasteiger partial charge in [-0.2, -0.15) is 0 Å². The number of fused-ring (bicyclic) bond motifs is 1. The number of para-hydroxylation sites is 1. The maximum Gasteiger partial charge on any atom is 0.292 e. The van der Waals surface area contributed by atoms with Gasteiger partial charge in [0.05, 0.1) is 5.52 Å². The third-order valence-corrected chi connectivity index (χ3v) is 4.90. The van der Waals surface area contributed by atoms with E-state index in [1.54, 1.807) is 22.7 Å². The average molecular weight is 398 g/mol.